The van der Waals surface area contributed by atoms with Crippen LogP contribution in [0.25, 0.3) is 0 Å². The fraction of sp³-hybridized carbons (Fsp3) is 0.364. The first-order valence-electron chi connectivity index (χ1n) is 9.30. The standard InChI is InChI=1S/C22H24IO7/c1-21(2,3)29-19(24)26-13-7-9-15-17(11-13)28-18-12-14(8-10-16(18)23-15)27-20(25)30-22(4,5)6/h7-12H,1-6H3/q-1. The summed E-state index contributed by atoms with van der Waals surface area (Å²) in [7, 11) is 0. The van der Waals surface area contributed by atoms with E-state index in [1.807, 2.05) is 12.1 Å². The van der Waals surface area contributed by atoms with Gasteiger partial charge in [0.15, 0.2) is 0 Å². The van der Waals surface area contributed by atoms with Crippen molar-refractivity contribution in [1.29, 1.82) is 0 Å². The second-order valence-electron chi connectivity index (χ2n) is 8.51. The second-order valence-corrected chi connectivity index (χ2v) is 11.4. The molecule has 0 bridgehead atoms. The van der Waals surface area contributed by atoms with E-state index >= 15 is 0 Å². The molecule has 0 amide bonds. The molecule has 0 aliphatic carbocycles. The number of benzene rings is 2. The van der Waals surface area contributed by atoms with Crippen LogP contribution in [0.1, 0.15) is 41.5 Å². The molecule has 8 heteroatoms. The minimum atomic E-state index is -0.776. The van der Waals surface area contributed by atoms with Gasteiger partial charge >= 0.3 is 186 Å². The van der Waals surface area contributed by atoms with Gasteiger partial charge in [-0.2, -0.15) is 0 Å². The van der Waals surface area contributed by atoms with E-state index in [4.69, 9.17) is 23.7 Å². The quantitative estimate of drug-likeness (QED) is 0.288. The van der Waals surface area contributed by atoms with Gasteiger partial charge in [0.25, 0.3) is 0 Å². The summed E-state index contributed by atoms with van der Waals surface area (Å²) in [4.78, 5) is 23.8. The Hall–Kier alpha value is -2.49. The zero-order valence-corrected chi connectivity index (χ0v) is 19.9. The van der Waals surface area contributed by atoms with Gasteiger partial charge in [-0.25, -0.2) is 0 Å². The molecule has 30 heavy (non-hydrogen) atoms. The molecule has 0 saturated heterocycles. The Kier molecular flexibility index (Phi) is 6.16. The molecule has 0 unspecified atom stereocenters. The molecule has 1 aliphatic heterocycles. The van der Waals surface area contributed by atoms with Gasteiger partial charge in [0, 0.05) is 0 Å². The predicted molar refractivity (Wildman–Crippen MR) is 104 cm³/mol. The zero-order chi connectivity index (χ0) is 22.1. The molecule has 1 heterocycles. The molecule has 0 radical (unpaired) electrons. The molecule has 0 spiro atoms. The van der Waals surface area contributed by atoms with Crippen LogP contribution in [0.3, 0.4) is 0 Å². The first-order chi connectivity index (χ1) is 13.9. The fourth-order valence-electron chi connectivity index (χ4n) is 2.37. The molecule has 0 fully saturated rings. The van der Waals surface area contributed by atoms with Crippen LogP contribution in [0.5, 0.6) is 23.0 Å². The Morgan fingerprint density at radius 3 is 1.50 bits per heavy atom. The number of hydrogen-bond donors (Lipinski definition) is 0. The van der Waals surface area contributed by atoms with Crippen LogP contribution >= 0.6 is 0 Å². The Bertz CT molecular complexity index is 893. The topological polar surface area (TPSA) is 80.3 Å². The first-order valence-corrected chi connectivity index (χ1v) is 11.5. The van der Waals surface area contributed by atoms with Crippen molar-refractivity contribution in [3.05, 3.63) is 43.5 Å². The molecule has 1 aliphatic rings. The van der Waals surface area contributed by atoms with Gasteiger partial charge in [0.1, 0.15) is 0 Å². The van der Waals surface area contributed by atoms with Crippen molar-refractivity contribution in [1.82, 2.24) is 0 Å². The summed E-state index contributed by atoms with van der Waals surface area (Å²) in [5.74, 6) is 1.87. The molecule has 3 rings (SSSR count). The van der Waals surface area contributed by atoms with Gasteiger partial charge in [-0.05, 0) is 0 Å². The van der Waals surface area contributed by atoms with Crippen molar-refractivity contribution in [3.8, 4) is 23.0 Å². The molecular weight excluding hydrogens is 503 g/mol. The van der Waals surface area contributed by atoms with E-state index in [-0.39, 0.29) is 0 Å². The minimum absolute atomic E-state index is 0.330. The summed E-state index contributed by atoms with van der Waals surface area (Å²) in [6.45, 7) is 10.6. The van der Waals surface area contributed by atoms with Crippen LogP contribution in [-0.4, -0.2) is 23.5 Å². The normalized spacial score (nSPS) is 13.0. The van der Waals surface area contributed by atoms with Gasteiger partial charge in [-0.3, -0.25) is 0 Å². The molecule has 2 aromatic rings. The summed E-state index contributed by atoms with van der Waals surface area (Å²) in [5, 5.41) is 0. The van der Waals surface area contributed by atoms with Crippen molar-refractivity contribution in [2.24, 2.45) is 0 Å². The van der Waals surface area contributed by atoms with Crippen molar-refractivity contribution < 1.29 is 54.5 Å². The third kappa shape index (κ3) is 6.25. The molecule has 0 N–H and O–H groups in total. The maximum atomic E-state index is 11.9. The van der Waals surface area contributed by atoms with E-state index < -0.39 is 44.7 Å². The molecule has 0 atom stereocenters. The van der Waals surface area contributed by atoms with Gasteiger partial charge < -0.3 is 0 Å². The van der Waals surface area contributed by atoms with E-state index in [9.17, 15) is 9.59 Å². The second kappa shape index (κ2) is 8.33. The molecule has 0 aromatic heterocycles. The number of carbonyl (C=O) groups is 2. The van der Waals surface area contributed by atoms with E-state index in [1.165, 1.54) is 0 Å². The van der Waals surface area contributed by atoms with Crippen LogP contribution in [0.4, 0.5) is 9.59 Å². The number of hydrogen-bond acceptors (Lipinski definition) is 7. The van der Waals surface area contributed by atoms with Crippen molar-refractivity contribution in [3.63, 3.8) is 0 Å². The number of fused-ring (bicyclic) bond motifs is 2. The molecular formula is C22H24IO7-. The van der Waals surface area contributed by atoms with Crippen molar-refractivity contribution in [2.45, 2.75) is 52.7 Å². The first kappa shape index (κ1) is 22.2. The Morgan fingerprint density at radius 2 is 1.13 bits per heavy atom. The van der Waals surface area contributed by atoms with Crippen LogP contribution < -0.4 is 35.4 Å². The zero-order valence-electron chi connectivity index (χ0n) is 17.7. The van der Waals surface area contributed by atoms with Crippen LogP contribution in [0.2, 0.25) is 0 Å². The van der Waals surface area contributed by atoms with Gasteiger partial charge in [-0.15, -0.1) is 0 Å². The summed E-state index contributed by atoms with van der Waals surface area (Å²) < 4.78 is 28.9. The Morgan fingerprint density at radius 1 is 0.733 bits per heavy atom. The Labute approximate surface area is 185 Å². The maximum absolute atomic E-state index is 11.9. The summed E-state index contributed by atoms with van der Waals surface area (Å²) >= 11 is -0.506. The summed E-state index contributed by atoms with van der Waals surface area (Å²) in [6.07, 6.45) is -1.55. The molecule has 2 aromatic carbocycles. The summed E-state index contributed by atoms with van der Waals surface area (Å²) in [6, 6.07) is 10.5. The van der Waals surface area contributed by atoms with E-state index in [2.05, 4.69) is 0 Å². The number of carbonyl (C=O) groups excluding carboxylic acids is 2. The average Bonchev–Trinajstić information content (AvgIpc) is 2.56. The predicted octanol–water partition coefficient (Wildman–Crippen LogP) is 2.55. The third-order valence-electron chi connectivity index (χ3n) is 3.41. The van der Waals surface area contributed by atoms with E-state index in [1.54, 1.807) is 65.8 Å². The fourth-order valence-corrected chi connectivity index (χ4v) is 4.78. The molecule has 162 valence electrons. The van der Waals surface area contributed by atoms with E-state index in [0.717, 1.165) is 7.14 Å². The Balaban J connectivity index is 1.72. The molecule has 7 nitrogen and oxygen atoms in total. The van der Waals surface area contributed by atoms with E-state index in [0.29, 0.717) is 23.0 Å². The third-order valence-corrected chi connectivity index (χ3v) is 6.35. The van der Waals surface area contributed by atoms with Crippen LogP contribution in [0, 0.1) is 7.14 Å². The number of ether oxygens (including phenoxy) is 5. The number of halogens is 1. The SMILES string of the molecule is CC(C)(C)OC(=O)Oc1ccc2c(c1)Oc1cc(OC(=O)OC(C)(C)C)ccc1[I-]2. The van der Waals surface area contributed by atoms with Gasteiger partial charge in [0.2, 0.25) is 0 Å². The van der Waals surface area contributed by atoms with Crippen LogP contribution in [0.15, 0.2) is 36.4 Å². The van der Waals surface area contributed by atoms with Crippen molar-refractivity contribution in [2.75, 3.05) is 0 Å². The van der Waals surface area contributed by atoms with Gasteiger partial charge in [0.05, 0.1) is 0 Å². The average molecular weight is 527 g/mol. The molecule has 0 saturated carbocycles. The van der Waals surface area contributed by atoms with Crippen LogP contribution in [-0.2, 0) is 9.47 Å². The van der Waals surface area contributed by atoms with Gasteiger partial charge in [-0.1, -0.05) is 0 Å². The number of rotatable bonds is 2. The monoisotopic (exact) mass is 527 g/mol. The van der Waals surface area contributed by atoms with Crippen molar-refractivity contribution >= 4 is 12.3 Å². The summed E-state index contributed by atoms with van der Waals surface area (Å²) in [5.41, 5.74) is -1.28.